The van der Waals surface area contributed by atoms with Gasteiger partial charge in [0.05, 0.1) is 6.54 Å². The number of carbonyl (C=O) groups excluding carboxylic acids is 1. The van der Waals surface area contributed by atoms with Crippen molar-refractivity contribution in [2.45, 2.75) is 70.6 Å². The molecule has 1 aliphatic heterocycles. The topological polar surface area (TPSA) is 41.6 Å². The fourth-order valence-electron chi connectivity index (χ4n) is 2.68. The normalized spacial score (nSPS) is 24.5. The molecule has 0 spiro atoms. The van der Waals surface area contributed by atoms with E-state index in [1.165, 1.54) is 32.1 Å². The Bertz CT molecular complexity index is 302. The third-order valence-electron chi connectivity index (χ3n) is 3.68. The molecule has 1 saturated carbocycles. The summed E-state index contributed by atoms with van der Waals surface area (Å²) in [6, 6.07) is 1.16. The molecule has 2 fully saturated rings. The highest BCUT2D eigenvalue weighted by Gasteiger charge is 2.33. The summed E-state index contributed by atoms with van der Waals surface area (Å²) < 4.78 is 5.43. The lowest BCUT2D eigenvalue weighted by molar-refractivity contribution is -0.156. The van der Waals surface area contributed by atoms with Gasteiger partial charge >= 0.3 is 5.97 Å². The van der Waals surface area contributed by atoms with Gasteiger partial charge in [0.15, 0.2) is 0 Å². The van der Waals surface area contributed by atoms with Crippen LogP contribution in [0.5, 0.6) is 0 Å². The number of esters is 1. The third kappa shape index (κ3) is 5.49. The monoisotopic (exact) mass is 268 g/mol. The van der Waals surface area contributed by atoms with Crippen molar-refractivity contribution in [3.05, 3.63) is 0 Å². The average molecular weight is 268 g/mol. The first kappa shape index (κ1) is 14.8. The summed E-state index contributed by atoms with van der Waals surface area (Å²) in [7, 11) is 0. The van der Waals surface area contributed by atoms with Crippen molar-refractivity contribution in [2.75, 3.05) is 19.6 Å². The lowest BCUT2D eigenvalue weighted by atomic mass is 10.0. The molecule has 0 radical (unpaired) electrons. The predicted octanol–water partition coefficient (Wildman–Crippen LogP) is 1.93. The summed E-state index contributed by atoms with van der Waals surface area (Å²) in [4.78, 5) is 14.3. The number of rotatable bonds is 5. The van der Waals surface area contributed by atoms with Crippen LogP contribution in [0.25, 0.3) is 0 Å². The summed E-state index contributed by atoms with van der Waals surface area (Å²) in [5.74, 6) is -0.0878. The summed E-state index contributed by atoms with van der Waals surface area (Å²) in [6.45, 7) is 8.33. The molecular formula is C15H28N2O2. The molecule has 0 aromatic heterocycles. The molecule has 1 atom stereocenters. The van der Waals surface area contributed by atoms with Crippen molar-refractivity contribution in [3.8, 4) is 0 Å². The van der Waals surface area contributed by atoms with Crippen molar-refractivity contribution in [1.29, 1.82) is 0 Å². The van der Waals surface area contributed by atoms with Gasteiger partial charge in [-0.1, -0.05) is 6.42 Å². The highest BCUT2D eigenvalue weighted by molar-refractivity contribution is 5.72. The highest BCUT2D eigenvalue weighted by atomic mass is 16.6. The van der Waals surface area contributed by atoms with E-state index in [4.69, 9.17) is 4.74 Å². The lowest BCUT2D eigenvalue weighted by Crippen LogP contribution is -2.46. The van der Waals surface area contributed by atoms with Crippen molar-refractivity contribution in [2.24, 2.45) is 0 Å². The van der Waals surface area contributed by atoms with Crippen LogP contribution >= 0.6 is 0 Å². The number of ether oxygens (including phenoxy) is 1. The molecule has 2 aliphatic rings. The molecule has 1 N–H and O–H groups in total. The predicted molar refractivity (Wildman–Crippen MR) is 76.1 cm³/mol. The second-order valence-electron chi connectivity index (χ2n) is 6.89. The van der Waals surface area contributed by atoms with Crippen LogP contribution in [0.1, 0.15) is 52.9 Å². The number of nitrogens with one attached hydrogen (secondary N) is 1. The standard InChI is InChI=1S/C15H28N2O2/c1-15(2,3)19-14(18)11-17(13-7-8-13)10-12-6-4-5-9-16-12/h12-13,16H,4-11H2,1-3H3. The van der Waals surface area contributed by atoms with Gasteiger partial charge in [0.25, 0.3) is 0 Å². The number of piperidine rings is 1. The summed E-state index contributed by atoms with van der Waals surface area (Å²) in [6.07, 6.45) is 6.29. The maximum Gasteiger partial charge on any atom is 0.320 e. The first-order chi connectivity index (χ1) is 8.94. The van der Waals surface area contributed by atoms with Gasteiger partial charge in [-0.2, -0.15) is 0 Å². The van der Waals surface area contributed by atoms with E-state index in [2.05, 4.69) is 10.2 Å². The molecular weight excluding hydrogens is 240 g/mol. The Kier molecular flexibility index (Phi) is 4.85. The van der Waals surface area contributed by atoms with E-state index < -0.39 is 0 Å². The smallest absolute Gasteiger partial charge is 0.320 e. The van der Waals surface area contributed by atoms with Gasteiger partial charge in [0, 0.05) is 18.6 Å². The zero-order chi connectivity index (χ0) is 13.9. The molecule has 1 aliphatic carbocycles. The number of hydrogen-bond acceptors (Lipinski definition) is 4. The second kappa shape index (κ2) is 6.23. The van der Waals surface area contributed by atoms with Crippen LogP contribution in [-0.2, 0) is 9.53 Å². The molecule has 19 heavy (non-hydrogen) atoms. The van der Waals surface area contributed by atoms with Gasteiger partial charge in [-0.3, -0.25) is 9.69 Å². The summed E-state index contributed by atoms with van der Waals surface area (Å²) in [5.41, 5.74) is -0.380. The van der Waals surface area contributed by atoms with E-state index >= 15 is 0 Å². The Morgan fingerprint density at radius 3 is 2.53 bits per heavy atom. The van der Waals surface area contributed by atoms with E-state index in [0.717, 1.165) is 13.1 Å². The van der Waals surface area contributed by atoms with Gasteiger partial charge in [0.2, 0.25) is 0 Å². The van der Waals surface area contributed by atoms with Crippen LogP contribution in [0.2, 0.25) is 0 Å². The molecule has 0 aromatic rings. The first-order valence-electron chi connectivity index (χ1n) is 7.63. The van der Waals surface area contributed by atoms with Crippen molar-refractivity contribution >= 4 is 5.97 Å². The van der Waals surface area contributed by atoms with Gasteiger partial charge in [-0.05, 0) is 53.0 Å². The van der Waals surface area contributed by atoms with Crippen LogP contribution < -0.4 is 5.32 Å². The fraction of sp³-hybridized carbons (Fsp3) is 0.933. The lowest BCUT2D eigenvalue weighted by Gasteiger charge is -2.31. The Hall–Kier alpha value is -0.610. The average Bonchev–Trinajstić information content (AvgIpc) is 3.10. The minimum absolute atomic E-state index is 0.0878. The van der Waals surface area contributed by atoms with E-state index in [9.17, 15) is 4.79 Å². The van der Waals surface area contributed by atoms with Crippen LogP contribution in [0.4, 0.5) is 0 Å². The Labute approximate surface area is 116 Å². The van der Waals surface area contributed by atoms with Gasteiger partial charge in [-0.15, -0.1) is 0 Å². The Morgan fingerprint density at radius 1 is 1.26 bits per heavy atom. The third-order valence-corrected chi connectivity index (χ3v) is 3.68. The van der Waals surface area contributed by atoms with Crippen LogP contribution in [0.15, 0.2) is 0 Å². The molecule has 110 valence electrons. The molecule has 1 saturated heterocycles. The molecule has 4 heteroatoms. The zero-order valence-electron chi connectivity index (χ0n) is 12.6. The minimum atomic E-state index is -0.380. The Morgan fingerprint density at radius 2 is 2.00 bits per heavy atom. The molecule has 0 bridgehead atoms. The largest absolute Gasteiger partial charge is 0.459 e. The Balaban J connectivity index is 1.80. The van der Waals surface area contributed by atoms with Gasteiger partial charge in [0.1, 0.15) is 5.60 Å². The molecule has 4 nitrogen and oxygen atoms in total. The van der Waals surface area contributed by atoms with E-state index in [1.54, 1.807) is 0 Å². The quantitative estimate of drug-likeness (QED) is 0.774. The number of nitrogens with zero attached hydrogens (tertiary/aromatic N) is 1. The molecule has 0 amide bonds. The maximum atomic E-state index is 12.0. The highest BCUT2D eigenvalue weighted by Crippen LogP contribution is 2.27. The molecule has 2 rings (SSSR count). The van der Waals surface area contributed by atoms with Crippen LogP contribution in [0.3, 0.4) is 0 Å². The minimum Gasteiger partial charge on any atom is -0.459 e. The van der Waals surface area contributed by atoms with E-state index in [0.29, 0.717) is 18.6 Å². The molecule has 1 unspecified atom stereocenters. The summed E-state index contributed by atoms with van der Waals surface area (Å²) >= 11 is 0. The zero-order valence-corrected chi connectivity index (χ0v) is 12.6. The van der Waals surface area contributed by atoms with Crippen molar-refractivity contribution in [3.63, 3.8) is 0 Å². The SMILES string of the molecule is CC(C)(C)OC(=O)CN(CC1CCCCN1)C1CC1. The molecule has 1 heterocycles. The van der Waals surface area contributed by atoms with Crippen LogP contribution in [0, 0.1) is 0 Å². The van der Waals surface area contributed by atoms with Crippen LogP contribution in [-0.4, -0.2) is 48.2 Å². The van der Waals surface area contributed by atoms with Crippen molar-refractivity contribution < 1.29 is 9.53 Å². The first-order valence-corrected chi connectivity index (χ1v) is 7.63. The fourth-order valence-corrected chi connectivity index (χ4v) is 2.68. The van der Waals surface area contributed by atoms with Gasteiger partial charge in [-0.25, -0.2) is 0 Å². The molecule has 0 aromatic carbocycles. The number of hydrogen-bond donors (Lipinski definition) is 1. The van der Waals surface area contributed by atoms with E-state index in [1.807, 2.05) is 20.8 Å². The maximum absolute atomic E-state index is 12.0. The number of carbonyl (C=O) groups is 1. The second-order valence-corrected chi connectivity index (χ2v) is 6.89. The van der Waals surface area contributed by atoms with Gasteiger partial charge < -0.3 is 10.1 Å². The van der Waals surface area contributed by atoms with Crippen molar-refractivity contribution in [1.82, 2.24) is 10.2 Å². The summed E-state index contributed by atoms with van der Waals surface area (Å²) in [5, 5.41) is 3.56. The van der Waals surface area contributed by atoms with E-state index in [-0.39, 0.29) is 11.6 Å².